The Kier molecular flexibility index (Phi) is 6.71. The number of carbonyl (C=O) groups excluding carboxylic acids is 1. The van der Waals surface area contributed by atoms with Gasteiger partial charge in [0, 0.05) is 6.92 Å². The van der Waals surface area contributed by atoms with Gasteiger partial charge in [-0.25, -0.2) is 8.42 Å². The van der Waals surface area contributed by atoms with Gasteiger partial charge in [0.1, 0.15) is 0 Å². The zero-order valence-corrected chi connectivity index (χ0v) is 18.3. The topological polar surface area (TPSA) is 70.9 Å². The highest BCUT2D eigenvalue weighted by Crippen LogP contribution is 2.30. The highest BCUT2D eigenvalue weighted by molar-refractivity contribution is 7.89. The number of carbonyl (C=O) groups is 1. The van der Waals surface area contributed by atoms with Crippen LogP contribution >= 0.6 is 0 Å². The van der Waals surface area contributed by atoms with Crippen LogP contribution in [0.1, 0.15) is 44.4 Å². The number of piperazine rings is 1. The summed E-state index contributed by atoms with van der Waals surface area (Å²) in [5, 5.41) is 2.80. The Morgan fingerprint density at radius 2 is 1.67 bits per heavy atom. The minimum Gasteiger partial charge on any atom is -0.351 e. The average Bonchev–Trinajstić information content (AvgIpc) is 2.53. The summed E-state index contributed by atoms with van der Waals surface area (Å²) in [7, 11) is -3.49. The van der Waals surface area contributed by atoms with Crippen molar-refractivity contribution in [1.82, 2.24) is 9.62 Å². The molecule has 1 saturated heterocycles. The molecule has 27 heavy (non-hydrogen) atoms. The molecule has 2 rings (SSSR count). The van der Waals surface area contributed by atoms with Crippen LogP contribution in [0.4, 0.5) is 0 Å². The van der Waals surface area contributed by atoms with Crippen molar-refractivity contribution in [2.45, 2.75) is 51.9 Å². The van der Waals surface area contributed by atoms with Crippen molar-refractivity contribution in [2.24, 2.45) is 0 Å². The third kappa shape index (κ3) is 5.30. The minimum absolute atomic E-state index is 0.0132. The largest absolute Gasteiger partial charge is 0.351 e. The Hall–Kier alpha value is -1.44. The van der Waals surface area contributed by atoms with Crippen LogP contribution in [0.3, 0.4) is 0 Å². The summed E-state index contributed by atoms with van der Waals surface area (Å²) in [6, 6.07) is 4.02. The summed E-state index contributed by atoms with van der Waals surface area (Å²) in [5.41, 5.74) is 2.78. The van der Waals surface area contributed by atoms with Crippen molar-refractivity contribution in [3.05, 3.63) is 28.8 Å². The van der Waals surface area contributed by atoms with Crippen molar-refractivity contribution in [2.75, 3.05) is 39.3 Å². The molecule has 1 aliphatic heterocycles. The molecule has 0 spiro atoms. The van der Waals surface area contributed by atoms with E-state index in [4.69, 9.17) is 0 Å². The van der Waals surface area contributed by atoms with Gasteiger partial charge < -0.3 is 10.2 Å². The lowest BCUT2D eigenvalue weighted by Gasteiger charge is -2.32. The number of nitrogens with one attached hydrogen (secondary N) is 2. The van der Waals surface area contributed by atoms with Gasteiger partial charge in [-0.05, 0) is 36.0 Å². The van der Waals surface area contributed by atoms with Crippen LogP contribution in [-0.2, 0) is 20.2 Å². The van der Waals surface area contributed by atoms with Gasteiger partial charge in [-0.15, -0.1) is 0 Å². The molecule has 2 N–H and O–H groups in total. The van der Waals surface area contributed by atoms with E-state index in [0.717, 1.165) is 36.3 Å². The first-order valence-electron chi connectivity index (χ1n) is 9.63. The molecule has 0 atom stereocenters. The number of hydrogen-bond acceptors (Lipinski definition) is 3. The van der Waals surface area contributed by atoms with Crippen molar-refractivity contribution >= 4 is 15.9 Å². The lowest BCUT2D eigenvalue weighted by Crippen LogP contribution is -3.15. The lowest BCUT2D eigenvalue weighted by molar-refractivity contribution is -0.902. The molecule has 152 valence electrons. The second-order valence-electron chi connectivity index (χ2n) is 8.58. The van der Waals surface area contributed by atoms with Crippen LogP contribution in [0, 0.1) is 13.8 Å². The summed E-state index contributed by atoms with van der Waals surface area (Å²) in [6.07, 6.45) is 0. The summed E-state index contributed by atoms with van der Waals surface area (Å²) >= 11 is 0. The molecule has 0 radical (unpaired) electrons. The Labute approximate surface area is 164 Å². The third-order valence-corrected chi connectivity index (χ3v) is 7.41. The van der Waals surface area contributed by atoms with E-state index >= 15 is 0 Å². The molecule has 1 aromatic carbocycles. The number of rotatable bonds is 5. The molecule has 7 heteroatoms. The fraction of sp³-hybridized carbons (Fsp3) is 0.650. The maximum atomic E-state index is 13.3. The van der Waals surface area contributed by atoms with Crippen LogP contribution < -0.4 is 10.2 Å². The summed E-state index contributed by atoms with van der Waals surface area (Å²) in [6.45, 7) is 15.7. The van der Waals surface area contributed by atoms with Gasteiger partial charge in [-0.2, -0.15) is 4.31 Å². The monoisotopic (exact) mass is 396 g/mol. The van der Waals surface area contributed by atoms with Gasteiger partial charge in [0.15, 0.2) is 0 Å². The van der Waals surface area contributed by atoms with Crippen LogP contribution in [0.2, 0.25) is 0 Å². The highest BCUT2D eigenvalue weighted by atomic mass is 32.2. The second kappa shape index (κ2) is 8.29. The van der Waals surface area contributed by atoms with Gasteiger partial charge in [0.2, 0.25) is 15.9 Å². The molecule has 6 nitrogen and oxygen atoms in total. The van der Waals surface area contributed by atoms with Gasteiger partial charge in [-0.1, -0.05) is 32.9 Å². The van der Waals surface area contributed by atoms with E-state index in [2.05, 4.69) is 26.1 Å². The molecule has 1 fully saturated rings. The van der Waals surface area contributed by atoms with Gasteiger partial charge in [-0.3, -0.25) is 4.79 Å². The van der Waals surface area contributed by atoms with E-state index in [-0.39, 0.29) is 11.3 Å². The number of hydrogen-bond donors (Lipinski definition) is 2. The molecule has 0 saturated carbocycles. The van der Waals surface area contributed by atoms with E-state index in [1.165, 1.54) is 11.8 Å². The Balaban J connectivity index is 2.13. The quantitative estimate of drug-likeness (QED) is 0.767. The summed E-state index contributed by atoms with van der Waals surface area (Å²) in [5.74, 6) is -0.0275. The molecule has 0 aromatic heterocycles. The Bertz CT molecular complexity index is 766. The Morgan fingerprint density at radius 1 is 1.15 bits per heavy atom. The van der Waals surface area contributed by atoms with Gasteiger partial charge in [0.05, 0.1) is 44.2 Å². The fourth-order valence-corrected chi connectivity index (χ4v) is 5.48. The number of amides is 1. The first-order valence-corrected chi connectivity index (χ1v) is 11.1. The maximum absolute atomic E-state index is 13.3. The van der Waals surface area contributed by atoms with Crippen molar-refractivity contribution < 1.29 is 18.1 Å². The number of sulfonamides is 1. The third-order valence-electron chi connectivity index (χ3n) is 5.21. The van der Waals surface area contributed by atoms with Crippen molar-refractivity contribution in [3.8, 4) is 0 Å². The van der Waals surface area contributed by atoms with E-state index < -0.39 is 10.0 Å². The molecule has 1 aliphatic rings. The number of benzene rings is 1. The summed E-state index contributed by atoms with van der Waals surface area (Å²) in [4.78, 5) is 12.7. The SMILES string of the molecule is CC(=O)NCC[NH+]1CCN(S(=O)(=O)c2c(C)cc(C(C)(C)C)cc2C)CC1. The van der Waals surface area contributed by atoms with Crippen molar-refractivity contribution in [3.63, 3.8) is 0 Å². The molecular formula is C20H34N3O3S+. The zero-order chi connectivity index (χ0) is 20.4. The van der Waals surface area contributed by atoms with E-state index in [9.17, 15) is 13.2 Å². The predicted octanol–water partition coefficient (Wildman–Crippen LogP) is 0.626. The molecule has 1 heterocycles. The smallest absolute Gasteiger partial charge is 0.244 e. The average molecular weight is 397 g/mol. The molecule has 1 aromatic rings. The van der Waals surface area contributed by atoms with E-state index in [1.807, 2.05) is 26.0 Å². The molecule has 0 unspecified atom stereocenters. The molecular weight excluding hydrogens is 362 g/mol. The maximum Gasteiger partial charge on any atom is 0.244 e. The van der Waals surface area contributed by atoms with Crippen LogP contribution in [0.5, 0.6) is 0 Å². The van der Waals surface area contributed by atoms with Crippen LogP contribution in [0.15, 0.2) is 17.0 Å². The first-order chi connectivity index (χ1) is 12.4. The normalized spacial score (nSPS) is 17.1. The zero-order valence-electron chi connectivity index (χ0n) is 17.5. The standard InChI is InChI=1S/C20H33N3O3S/c1-15-13-18(20(4,5)6)14-16(2)19(15)27(25,26)23-11-9-22(10-12-23)8-7-21-17(3)24/h13-14H,7-12H2,1-6H3,(H,21,24)/p+1. The van der Waals surface area contributed by atoms with Crippen molar-refractivity contribution in [1.29, 1.82) is 0 Å². The molecule has 0 aliphatic carbocycles. The number of aryl methyl sites for hydroxylation is 2. The van der Waals surface area contributed by atoms with E-state index in [1.54, 1.807) is 4.31 Å². The van der Waals surface area contributed by atoms with E-state index in [0.29, 0.717) is 24.5 Å². The Morgan fingerprint density at radius 3 is 2.11 bits per heavy atom. The van der Waals surface area contributed by atoms with Crippen LogP contribution in [-0.4, -0.2) is 57.9 Å². The summed E-state index contributed by atoms with van der Waals surface area (Å²) < 4.78 is 28.1. The molecule has 1 amide bonds. The fourth-order valence-electron chi connectivity index (χ4n) is 3.63. The first kappa shape index (κ1) is 21.9. The van der Waals surface area contributed by atoms with Gasteiger partial charge >= 0.3 is 0 Å². The van der Waals surface area contributed by atoms with Crippen LogP contribution in [0.25, 0.3) is 0 Å². The highest BCUT2D eigenvalue weighted by Gasteiger charge is 2.33. The number of nitrogens with zero attached hydrogens (tertiary/aromatic N) is 1. The van der Waals surface area contributed by atoms with Gasteiger partial charge in [0.25, 0.3) is 0 Å². The minimum atomic E-state index is -3.49. The molecule has 0 bridgehead atoms. The lowest BCUT2D eigenvalue weighted by atomic mass is 9.85. The number of quaternary nitrogens is 1. The second-order valence-corrected chi connectivity index (χ2v) is 10.5. The predicted molar refractivity (Wildman–Crippen MR) is 108 cm³/mol.